The number of ether oxygens (including phenoxy) is 1. The minimum atomic E-state index is -0.817. The Bertz CT molecular complexity index is 911. The maximum atomic E-state index is 14.2. The van der Waals surface area contributed by atoms with Crippen molar-refractivity contribution in [3.8, 4) is 0 Å². The van der Waals surface area contributed by atoms with Gasteiger partial charge in [0.05, 0.1) is 0 Å². The maximum Gasteiger partial charge on any atom is 0.408 e. The van der Waals surface area contributed by atoms with Crippen LogP contribution in [0.1, 0.15) is 116 Å². The predicted molar refractivity (Wildman–Crippen MR) is 153 cm³/mol. The van der Waals surface area contributed by atoms with Crippen molar-refractivity contribution in [2.45, 2.75) is 130 Å². The van der Waals surface area contributed by atoms with Crippen molar-refractivity contribution >= 4 is 17.9 Å². The van der Waals surface area contributed by atoms with E-state index >= 15 is 0 Å². The number of amides is 3. The van der Waals surface area contributed by atoms with E-state index in [1.165, 1.54) is 6.42 Å². The lowest BCUT2D eigenvalue weighted by Gasteiger charge is -2.37. The van der Waals surface area contributed by atoms with Crippen LogP contribution in [-0.4, -0.2) is 47.0 Å². The number of carbonyl (C=O) groups is 3. The molecule has 1 aliphatic rings. The molecule has 0 spiro atoms. The van der Waals surface area contributed by atoms with Gasteiger partial charge < -0.3 is 20.3 Å². The quantitative estimate of drug-likeness (QED) is 0.327. The van der Waals surface area contributed by atoms with Gasteiger partial charge in [-0.1, -0.05) is 82.2 Å². The summed E-state index contributed by atoms with van der Waals surface area (Å²) in [6.45, 7) is 15.8. The number of aryl methyl sites for hydroxylation is 2. The maximum absolute atomic E-state index is 14.2. The summed E-state index contributed by atoms with van der Waals surface area (Å²) in [4.78, 5) is 42.6. The number of carbonyl (C=O) groups excluding carboxylic acids is 3. The van der Waals surface area contributed by atoms with Crippen molar-refractivity contribution in [3.63, 3.8) is 0 Å². The second-order valence-corrected chi connectivity index (χ2v) is 12.3. The van der Waals surface area contributed by atoms with E-state index in [1.54, 1.807) is 25.7 Å². The van der Waals surface area contributed by atoms with Crippen LogP contribution >= 0.6 is 0 Å². The summed E-state index contributed by atoms with van der Waals surface area (Å²) >= 11 is 0. The van der Waals surface area contributed by atoms with Gasteiger partial charge in [0.1, 0.15) is 17.7 Å². The Balaban J connectivity index is 2.49. The first-order chi connectivity index (χ1) is 17.8. The fraction of sp³-hybridized carbons (Fsp3) is 0.710. The Morgan fingerprint density at radius 3 is 2.13 bits per heavy atom. The normalized spacial score (nSPS) is 16.0. The van der Waals surface area contributed by atoms with Crippen molar-refractivity contribution in [1.29, 1.82) is 0 Å². The summed E-state index contributed by atoms with van der Waals surface area (Å²) in [5.74, 6) is -0.596. The second-order valence-electron chi connectivity index (χ2n) is 12.3. The standard InChI is InChI=1S/C31H51N3O4/c1-9-10-14-17-34(29(36)26(21(2)3)33-30(37)38-31(6,7)8)27(24-19-22(4)18-23(5)20-24)28(35)32-25-15-12-11-13-16-25/h18-21,25-27H,9-17H2,1-8H3,(H,32,35)(H,33,37). The van der Waals surface area contributed by atoms with E-state index < -0.39 is 23.8 Å². The zero-order valence-electron chi connectivity index (χ0n) is 25.0. The summed E-state index contributed by atoms with van der Waals surface area (Å²) < 4.78 is 5.47. The predicted octanol–water partition coefficient (Wildman–Crippen LogP) is 6.36. The van der Waals surface area contributed by atoms with Crippen molar-refractivity contribution in [3.05, 3.63) is 34.9 Å². The van der Waals surface area contributed by atoms with Gasteiger partial charge in [-0.15, -0.1) is 0 Å². The fourth-order valence-electron chi connectivity index (χ4n) is 5.19. The molecule has 1 fully saturated rings. The topological polar surface area (TPSA) is 87.7 Å². The summed E-state index contributed by atoms with van der Waals surface area (Å²) in [7, 11) is 0. The van der Waals surface area contributed by atoms with Crippen LogP contribution < -0.4 is 10.6 Å². The molecule has 0 heterocycles. The van der Waals surface area contributed by atoms with Gasteiger partial charge >= 0.3 is 6.09 Å². The van der Waals surface area contributed by atoms with Crippen LogP contribution in [0.2, 0.25) is 0 Å². The molecule has 1 aliphatic carbocycles. The van der Waals surface area contributed by atoms with E-state index in [0.717, 1.165) is 61.6 Å². The molecule has 7 heteroatoms. The van der Waals surface area contributed by atoms with Crippen molar-refractivity contribution in [2.75, 3.05) is 6.54 Å². The van der Waals surface area contributed by atoms with E-state index in [2.05, 4.69) is 23.6 Å². The molecule has 0 aromatic heterocycles. The van der Waals surface area contributed by atoms with Crippen molar-refractivity contribution in [1.82, 2.24) is 15.5 Å². The summed E-state index contributed by atoms with van der Waals surface area (Å²) in [5.41, 5.74) is 2.21. The third kappa shape index (κ3) is 9.95. The number of nitrogens with one attached hydrogen (secondary N) is 2. The molecule has 2 rings (SSSR count). The molecule has 0 bridgehead atoms. The zero-order valence-corrected chi connectivity index (χ0v) is 25.0. The monoisotopic (exact) mass is 529 g/mol. The Morgan fingerprint density at radius 1 is 1.00 bits per heavy atom. The van der Waals surface area contributed by atoms with Gasteiger partial charge in [-0.05, 0) is 65.4 Å². The van der Waals surface area contributed by atoms with Crippen LogP contribution in [0.3, 0.4) is 0 Å². The number of benzene rings is 1. The van der Waals surface area contributed by atoms with Gasteiger partial charge in [-0.2, -0.15) is 0 Å². The molecule has 0 radical (unpaired) electrons. The van der Waals surface area contributed by atoms with Crippen LogP contribution in [-0.2, 0) is 14.3 Å². The highest BCUT2D eigenvalue weighted by Crippen LogP contribution is 2.28. The highest BCUT2D eigenvalue weighted by Gasteiger charge is 2.38. The van der Waals surface area contributed by atoms with E-state index in [1.807, 2.05) is 39.8 Å². The lowest BCUT2D eigenvalue weighted by atomic mass is 9.93. The molecular formula is C31H51N3O4. The summed E-state index contributed by atoms with van der Waals surface area (Å²) in [6.07, 6.45) is 7.41. The Hall–Kier alpha value is -2.57. The number of hydrogen-bond donors (Lipinski definition) is 2. The van der Waals surface area contributed by atoms with Gasteiger partial charge in [0.15, 0.2) is 0 Å². The SMILES string of the molecule is CCCCCN(C(=O)C(NC(=O)OC(C)(C)C)C(C)C)C(C(=O)NC1CCCCC1)c1cc(C)cc(C)c1. The molecule has 1 saturated carbocycles. The molecule has 2 N–H and O–H groups in total. The number of unbranched alkanes of at least 4 members (excludes halogenated alkanes) is 2. The number of rotatable bonds is 11. The Morgan fingerprint density at radius 2 is 1.61 bits per heavy atom. The Kier molecular flexibility index (Phi) is 12.1. The zero-order chi connectivity index (χ0) is 28.5. The third-order valence-electron chi connectivity index (χ3n) is 6.96. The first-order valence-corrected chi connectivity index (χ1v) is 14.5. The molecule has 3 amide bonds. The lowest BCUT2D eigenvalue weighted by Crippen LogP contribution is -2.55. The summed E-state index contributed by atoms with van der Waals surface area (Å²) in [6, 6.07) is 4.61. The molecule has 214 valence electrons. The highest BCUT2D eigenvalue weighted by atomic mass is 16.6. The molecule has 0 saturated heterocycles. The molecule has 2 atom stereocenters. The minimum absolute atomic E-state index is 0.123. The van der Waals surface area contributed by atoms with E-state index in [0.29, 0.717) is 6.54 Å². The average Bonchev–Trinajstić information content (AvgIpc) is 2.80. The average molecular weight is 530 g/mol. The largest absolute Gasteiger partial charge is 0.444 e. The smallest absolute Gasteiger partial charge is 0.408 e. The highest BCUT2D eigenvalue weighted by molar-refractivity contribution is 5.92. The van der Waals surface area contributed by atoms with Gasteiger partial charge in [-0.3, -0.25) is 9.59 Å². The molecule has 2 unspecified atom stereocenters. The van der Waals surface area contributed by atoms with E-state index in [-0.39, 0.29) is 23.8 Å². The second kappa shape index (κ2) is 14.5. The van der Waals surface area contributed by atoms with Crippen molar-refractivity contribution in [2.24, 2.45) is 5.92 Å². The number of nitrogens with zero attached hydrogens (tertiary/aromatic N) is 1. The van der Waals surface area contributed by atoms with Crippen molar-refractivity contribution < 1.29 is 19.1 Å². The van der Waals surface area contributed by atoms with Crippen LogP contribution in [0.5, 0.6) is 0 Å². The molecule has 7 nitrogen and oxygen atoms in total. The fourth-order valence-corrected chi connectivity index (χ4v) is 5.19. The van der Waals surface area contributed by atoms with Crippen LogP contribution in [0, 0.1) is 19.8 Å². The Labute approximate surface area is 230 Å². The first-order valence-electron chi connectivity index (χ1n) is 14.5. The third-order valence-corrected chi connectivity index (χ3v) is 6.96. The van der Waals surface area contributed by atoms with Gasteiger partial charge in [0.2, 0.25) is 11.8 Å². The van der Waals surface area contributed by atoms with Gasteiger partial charge in [0.25, 0.3) is 0 Å². The first kappa shape index (κ1) is 31.6. The molecule has 1 aromatic rings. The molecule has 38 heavy (non-hydrogen) atoms. The van der Waals surface area contributed by atoms with Crippen LogP contribution in [0.4, 0.5) is 4.79 Å². The summed E-state index contributed by atoms with van der Waals surface area (Å²) in [5, 5.41) is 6.09. The van der Waals surface area contributed by atoms with E-state index in [4.69, 9.17) is 4.74 Å². The lowest BCUT2D eigenvalue weighted by molar-refractivity contribution is -0.143. The van der Waals surface area contributed by atoms with E-state index in [9.17, 15) is 14.4 Å². The van der Waals surface area contributed by atoms with Gasteiger partial charge in [0, 0.05) is 12.6 Å². The molecule has 1 aromatic carbocycles. The van der Waals surface area contributed by atoms with Crippen LogP contribution in [0.15, 0.2) is 18.2 Å². The van der Waals surface area contributed by atoms with Crippen LogP contribution in [0.25, 0.3) is 0 Å². The molecule has 0 aliphatic heterocycles. The minimum Gasteiger partial charge on any atom is -0.444 e. The number of alkyl carbamates (subject to hydrolysis) is 1. The van der Waals surface area contributed by atoms with Gasteiger partial charge in [-0.25, -0.2) is 4.79 Å². The number of hydrogen-bond acceptors (Lipinski definition) is 4. The molecular weight excluding hydrogens is 478 g/mol.